The van der Waals surface area contributed by atoms with Crippen LogP contribution < -0.4 is 25.2 Å². The molecule has 1 saturated heterocycles. The highest BCUT2D eigenvalue weighted by molar-refractivity contribution is 7.49. The van der Waals surface area contributed by atoms with Gasteiger partial charge >= 0.3 is 32.0 Å². The van der Waals surface area contributed by atoms with E-state index in [1.807, 2.05) is 30.3 Å². The predicted molar refractivity (Wildman–Crippen MR) is 436 cm³/mol. The van der Waals surface area contributed by atoms with Crippen molar-refractivity contribution in [3.8, 4) is 11.5 Å². The molecule has 0 radical (unpaired) electrons. The molecule has 1 heterocycles. The Labute approximate surface area is 690 Å². The van der Waals surface area contributed by atoms with Gasteiger partial charge in [0, 0.05) is 12.8 Å². The average Bonchev–Trinajstić information content (AvgIpc) is 0.771. The van der Waals surface area contributed by atoms with Crippen molar-refractivity contribution in [2.75, 3.05) is 26.4 Å². The number of nitrogens with one attached hydrogen (secondary N) is 3. The number of carbonyl (C=O) groups excluding carboxylic acids is 6. The molecule has 29 heteroatoms. The van der Waals surface area contributed by atoms with Crippen molar-refractivity contribution in [2.24, 2.45) is 0 Å². The number of hydrogen-bond acceptors (Lipinski definition) is 19. The first kappa shape index (κ1) is 98.8. The highest BCUT2D eigenvalue weighted by atomic mass is 35.6. The van der Waals surface area contributed by atoms with Crippen molar-refractivity contribution in [1.82, 2.24) is 16.1 Å². The maximum absolute atomic E-state index is 15.9. The summed E-state index contributed by atoms with van der Waals surface area (Å²) in [6.45, 7) is 8.88. The van der Waals surface area contributed by atoms with Crippen molar-refractivity contribution in [1.29, 1.82) is 0 Å². The molecule has 0 aliphatic carbocycles. The number of benzene rings is 3. The van der Waals surface area contributed by atoms with Crippen molar-refractivity contribution in [3.63, 3.8) is 0 Å². The molecule has 4 rings (SSSR count). The number of ether oxygens (including phenoxy) is 8. The number of carbonyl (C=O) groups is 6. The van der Waals surface area contributed by atoms with Gasteiger partial charge in [-0.2, -0.15) is 0 Å². The van der Waals surface area contributed by atoms with Crippen LogP contribution in [0.4, 0.5) is 9.59 Å². The van der Waals surface area contributed by atoms with E-state index in [1.165, 1.54) is 70.2 Å². The SMILES string of the molecule is CCCCCCCCCCC[C@H](CC(=O)NO[C@@H]1[C@@H](NC(=O)OCC(Cl)(Cl)Cl)[C@H](OC[C@H](COCc2ccccc2)NC(=O)C[C@@H](CCCCCCCCCCC)OC(=O)CCCCCCCC)O[C@H](COC(=O)OC(C)(C)C(Cl)(Cl)Cl)[C@H]1OP(=O)(Oc1ccccc1)Oc1ccccc1)OC(=O)CCCCCCCC. The Morgan fingerprint density at radius 3 is 1.41 bits per heavy atom. The van der Waals surface area contributed by atoms with E-state index >= 15 is 4.57 Å². The van der Waals surface area contributed by atoms with E-state index in [2.05, 4.69) is 43.8 Å². The molecule has 0 bridgehead atoms. The van der Waals surface area contributed by atoms with Crippen molar-refractivity contribution < 1.29 is 89.6 Å². The quantitative estimate of drug-likeness (QED) is 0.0118. The second-order valence-corrected chi connectivity index (χ2v) is 35.3. The van der Waals surface area contributed by atoms with Gasteiger partial charge in [-0.05, 0) is 82.2 Å². The number of halogens is 6. The van der Waals surface area contributed by atoms with E-state index in [9.17, 15) is 28.8 Å². The number of hydroxylamine groups is 1. The zero-order valence-electron chi connectivity index (χ0n) is 66.2. The number of alkyl halides is 6. The van der Waals surface area contributed by atoms with Gasteiger partial charge in [0.05, 0.1) is 38.7 Å². The van der Waals surface area contributed by atoms with Crippen LogP contribution in [0.2, 0.25) is 0 Å². The van der Waals surface area contributed by atoms with Crippen LogP contribution in [0, 0.1) is 0 Å². The number of phosphoric ester groups is 1. The van der Waals surface area contributed by atoms with Gasteiger partial charge < -0.3 is 57.6 Å². The topological polar surface area (TPSA) is 266 Å². The molecule has 0 unspecified atom stereocenters. The second-order valence-electron chi connectivity index (χ2n) is 29.0. The van der Waals surface area contributed by atoms with Crippen LogP contribution >= 0.6 is 77.4 Å². The first-order chi connectivity index (χ1) is 53.2. The van der Waals surface area contributed by atoms with Gasteiger partial charge in [0.25, 0.3) is 0 Å². The van der Waals surface area contributed by atoms with E-state index < -0.39 is 132 Å². The third kappa shape index (κ3) is 45.5. The Kier molecular flexibility index (Phi) is 51.2. The molecule has 0 spiro atoms. The number of amides is 3. The van der Waals surface area contributed by atoms with Crippen LogP contribution in [-0.2, 0) is 77.6 Å². The third-order valence-electron chi connectivity index (χ3n) is 18.6. The summed E-state index contributed by atoms with van der Waals surface area (Å²) in [5.41, 5.74) is 1.44. The van der Waals surface area contributed by atoms with Gasteiger partial charge in [-0.25, -0.2) is 19.6 Å². The fourth-order valence-electron chi connectivity index (χ4n) is 12.3. The number of esters is 2. The van der Waals surface area contributed by atoms with Gasteiger partial charge in [-0.3, -0.25) is 28.5 Å². The molecule has 0 aromatic heterocycles. The molecule has 1 aliphatic heterocycles. The van der Waals surface area contributed by atoms with E-state index in [0.717, 1.165) is 140 Å². The number of rotatable bonds is 61. The van der Waals surface area contributed by atoms with Crippen molar-refractivity contribution in [3.05, 3.63) is 96.6 Å². The minimum absolute atomic E-state index is 0.0245. The fourth-order valence-corrected chi connectivity index (χ4v) is 14.0. The second kappa shape index (κ2) is 57.5. The maximum Gasteiger partial charge on any atom is 0.588 e. The predicted octanol–water partition coefficient (Wildman–Crippen LogP) is 22.2. The van der Waals surface area contributed by atoms with E-state index in [-0.39, 0.29) is 44.0 Å². The molecule has 0 saturated carbocycles. The third-order valence-corrected chi connectivity index (χ3v) is 21.6. The lowest BCUT2D eigenvalue weighted by molar-refractivity contribution is -0.282. The molecule has 3 aromatic rings. The molecule has 8 atom stereocenters. The van der Waals surface area contributed by atoms with Gasteiger partial charge in [-0.1, -0.05) is 331 Å². The van der Waals surface area contributed by atoms with Gasteiger partial charge in [-0.15, -0.1) is 0 Å². The smallest absolute Gasteiger partial charge is 0.462 e. The first-order valence-electron chi connectivity index (χ1n) is 40.5. The molecule has 1 fully saturated rings. The van der Waals surface area contributed by atoms with Crippen LogP contribution in [0.3, 0.4) is 0 Å². The number of unbranched alkanes of at least 4 members (excludes halogenated alkanes) is 26. The van der Waals surface area contributed by atoms with Gasteiger partial charge in [0.1, 0.15) is 61.3 Å². The Bertz CT molecular complexity index is 3010. The van der Waals surface area contributed by atoms with Crippen LogP contribution in [0.25, 0.3) is 0 Å². The lowest BCUT2D eigenvalue weighted by Crippen LogP contribution is -2.67. The molecule has 630 valence electrons. The van der Waals surface area contributed by atoms with Gasteiger partial charge in [0.2, 0.25) is 19.4 Å². The molecular formula is C82H126Cl6N3O19P. The molecule has 3 aromatic carbocycles. The number of alkyl carbamates (subject to hydrolysis) is 1. The number of para-hydroxylation sites is 2. The molecule has 111 heavy (non-hydrogen) atoms. The van der Waals surface area contributed by atoms with Crippen LogP contribution in [0.1, 0.15) is 278 Å². The van der Waals surface area contributed by atoms with Crippen LogP contribution in [-0.4, -0.2) is 125 Å². The minimum Gasteiger partial charge on any atom is -0.462 e. The lowest BCUT2D eigenvalue weighted by atomic mass is 9.97. The molecular weight excluding hydrogens is 1570 g/mol. The van der Waals surface area contributed by atoms with Crippen molar-refractivity contribution in [2.45, 2.75) is 341 Å². The maximum atomic E-state index is 15.9. The monoisotopic (exact) mass is 1700 g/mol. The summed E-state index contributed by atoms with van der Waals surface area (Å²) in [6.07, 6.45) is 18.4. The zero-order chi connectivity index (χ0) is 81.0. The highest BCUT2D eigenvalue weighted by Gasteiger charge is 2.55. The minimum atomic E-state index is -5.18. The Balaban J connectivity index is 1.89. The zero-order valence-corrected chi connectivity index (χ0v) is 71.7. The summed E-state index contributed by atoms with van der Waals surface area (Å²) in [5, 5.41) is 5.67. The summed E-state index contributed by atoms with van der Waals surface area (Å²) < 4.78 is 79.0. The number of phosphoric acid groups is 1. The highest BCUT2D eigenvalue weighted by Crippen LogP contribution is 2.53. The summed E-state index contributed by atoms with van der Waals surface area (Å²) in [5.74, 6) is -2.27. The first-order valence-corrected chi connectivity index (χ1v) is 44.2. The van der Waals surface area contributed by atoms with Gasteiger partial charge in [0.15, 0.2) is 11.9 Å². The van der Waals surface area contributed by atoms with Crippen LogP contribution in [0.15, 0.2) is 91.0 Å². The number of hydrogen-bond donors (Lipinski definition) is 3. The summed E-state index contributed by atoms with van der Waals surface area (Å²) >= 11 is 37.2. The molecule has 22 nitrogen and oxygen atoms in total. The summed E-state index contributed by atoms with van der Waals surface area (Å²) in [7, 11) is -5.18. The Morgan fingerprint density at radius 1 is 0.523 bits per heavy atom. The van der Waals surface area contributed by atoms with E-state index in [1.54, 1.807) is 36.4 Å². The van der Waals surface area contributed by atoms with Crippen LogP contribution in [0.5, 0.6) is 11.5 Å². The normalized spacial score (nSPS) is 16.8. The Hall–Kier alpha value is -4.55. The lowest BCUT2D eigenvalue weighted by Gasteiger charge is -2.45. The Morgan fingerprint density at radius 2 is 0.955 bits per heavy atom. The molecule has 3 N–H and O–H groups in total. The van der Waals surface area contributed by atoms with E-state index in [0.29, 0.717) is 38.5 Å². The summed E-state index contributed by atoms with van der Waals surface area (Å²) in [6, 6.07) is 22.0. The average molecular weight is 1700 g/mol. The largest absolute Gasteiger partial charge is 0.588 e. The van der Waals surface area contributed by atoms with Crippen molar-refractivity contribution >= 4 is 113 Å². The summed E-state index contributed by atoms with van der Waals surface area (Å²) in [4.78, 5) is 91.6. The fraction of sp³-hybridized carbons (Fsp3) is 0.707. The standard InChI is InChI=1S/C82H126Cl6N3O19P/c1-7-11-15-19-23-25-27-29-38-52-67(103-72(94)54-44-31-21-17-13-9-3)56-70(92)89-64(59-99-58-63-46-36-33-37-47-63)60-100-77-74(90-78(96)102-62-81(83,84)85)76(107-91-71(93)57-68(53-39-30-28-26-24-20-16-12-8-2)104-73(95)55-45-32-22-18-14-10-4)75(69(105-77)61-101-79(97)106-80(5,6)82(86,87)88)110-111(98,108-65-48-40-34-41-49-65)109-66-50-42-35-43-51-66/h33-37,40-43,46-51,64,67-69,74-77H,7-32,38-39,44-45,52-62H2,1-6H3,(H,89,92)(H,90,96)(H,91,93)/t64-,67+,68+,69+,74+,75+,76+,77+/m0/s1. The molecule has 3 amide bonds. The molecule has 1 aliphatic rings. The van der Waals surface area contributed by atoms with E-state index in [4.69, 9.17) is 126 Å².